The molecule has 0 saturated carbocycles. The molecule has 0 unspecified atom stereocenters. The van der Waals surface area contributed by atoms with E-state index in [0.29, 0.717) is 22.9 Å². The molecule has 2 atom stereocenters. The first-order valence-corrected chi connectivity index (χ1v) is 8.07. The van der Waals surface area contributed by atoms with Gasteiger partial charge in [0.1, 0.15) is 5.82 Å². The number of hydrogen-bond acceptors (Lipinski definition) is 4. The number of amides is 1. The van der Waals surface area contributed by atoms with Crippen LogP contribution in [0.2, 0.25) is 0 Å². The normalized spacial score (nSPS) is 20.2. The van der Waals surface area contributed by atoms with E-state index in [9.17, 15) is 14.3 Å². The molecule has 3 aromatic rings. The average molecular weight is 337 g/mol. The van der Waals surface area contributed by atoms with Gasteiger partial charge in [0.05, 0.1) is 23.2 Å². The molecule has 1 saturated heterocycles. The average Bonchev–Trinajstić information content (AvgIpc) is 3.03. The summed E-state index contributed by atoms with van der Waals surface area (Å²) in [6.07, 6.45) is 4.66. The zero-order valence-electron chi connectivity index (χ0n) is 13.3. The van der Waals surface area contributed by atoms with Crippen molar-refractivity contribution in [1.82, 2.24) is 14.9 Å². The molecule has 1 aromatic carbocycles. The highest BCUT2D eigenvalue weighted by Crippen LogP contribution is 2.34. The third kappa shape index (κ3) is 2.85. The largest absolute Gasteiger partial charge is 0.391 e. The van der Waals surface area contributed by atoms with Crippen molar-refractivity contribution in [2.75, 3.05) is 6.54 Å². The van der Waals surface area contributed by atoms with E-state index in [2.05, 4.69) is 9.97 Å². The number of β-amino-alcohol motifs (C(OH)–C–C–N with tert-alkyl or cyclic N) is 1. The van der Waals surface area contributed by atoms with Crippen LogP contribution >= 0.6 is 0 Å². The fourth-order valence-corrected chi connectivity index (χ4v) is 3.37. The molecule has 6 heteroatoms. The van der Waals surface area contributed by atoms with Crippen molar-refractivity contribution in [3.63, 3.8) is 0 Å². The lowest BCUT2D eigenvalue weighted by Gasteiger charge is -2.25. The highest BCUT2D eigenvalue weighted by Gasteiger charge is 2.36. The minimum Gasteiger partial charge on any atom is -0.391 e. The van der Waals surface area contributed by atoms with Crippen LogP contribution in [0.4, 0.5) is 4.39 Å². The van der Waals surface area contributed by atoms with Crippen molar-refractivity contribution < 1.29 is 14.3 Å². The number of aliphatic hydroxyl groups is 1. The summed E-state index contributed by atoms with van der Waals surface area (Å²) in [4.78, 5) is 23.1. The maximum Gasteiger partial charge on any atom is 0.255 e. The van der Waals surface area contributed by atoms with Gasteiger partial charge in [-0.15, -0.1) is 0 Å². The minimum atomic E-state index is -0.606. The van der Waals surface area contributed by atoms with Crippen molar-refractivity contribution in [2.24, 2.45) is 0 Å². The van der Waals surface area contributed by atoms with E-state index in [1.54, 1.807) is 47.8 Å². The van der Waals surface area contributed by atoms with E-state index in [1.165, 1.54) is 12.1 Å². The lowest BCUT2D eigenvalue weighted by atomic mass is 10.0. The Morgan fingerprint density at radius 1 is 1.16 bits per heavy atom. The Kier molecular flexibility index (Phi) is 3.89. The molecule has 1 amide bonds. The smallest absolute Gasteiger partial charge is 0.255 e. The number of halogens is 1. The van der Waals surface area contributed by atoms with E-state index in [1.807, 2.05) is 0 Å². The first-order chi connectivity index (χ1) is 12.1. The number of likely N-dealkylation sites (tertiary alicyclic amines) is 1. The molecule has 1 aliphatic rings. The minimum absolute atomic E-state index is 0.189. The van der Waals surface area contributed by atoms with E-state index in [0.717, 1.165) is 5.56 Å². The topological polar surface area (TPSA) is 66.3 Å². The summed E-state index contributed by atoms with van der Waals surface area (Å²) in [6, 6.07) is 9.18. The summed E-state index contributed by atoms with van der Waals surface area (Å²) in [7, 11) is 0. The van der Waals surface area contributed by atoms with Crippen LogP contribution in [-0.4, -0.2) is 38.5 Å². The second-order valence-electron chi connectivity index (χ2n) is 6.17. The van der Waals surface area contributed by atoms with Gasteiger partial charge in [-0.2, -0.15) is 0 Å². The fraction of sp³-hybridized carbons (Fsp3) is 0.211. The Bertz CT molecular complexity index is 924. The molecular weight excluding hydrogens is 321 g/mol. The number of hydrogen-bond donors (Lipinski definition) is 1. The third-order valence-electron chi connectivity index (χ3n) is 4.57. The first-order valence-electron chi connectivity index (χ1n) is 8.07. The van der Waals surface area contributed by atoms with Crippen molar-refractivity contribution >= 4 is 16.8 Å². The molecule has 0 bridgehead atoms. The number of rotatable bonds is 2. The summed E-state index contributed by atoms with van der Waals surface area (Å²) >= 11 is 0. The van der Waals surface area contributed by atoms with Crippen LogP contribution in [0, 0.1) is 5.82 Å². The highest BCUT2D eigenvalue weighted by atomic mass is 19.1. The number of pyridine rings is 2. The van der Waals surface area contributed by atoms with E-state index in [4.69, 9.17) is 0 Å². The van der Waals surface area contributed by atoms with E-state index in [-0.39, 0.29) is 24.3 Å². The van der Waals surface area contributed by atoms with Gasteiger partial charge in [0.15, 0.2) is 0 Å². The fourth-order valence-electron chi connectivity index (χ4n) is 3.37. The maximum absolute atomic E-state index is 13.2. The molecule has 3 heterocycles. The van der Waals surface area contributed by atoms with E-state index < -0.39 is 6.10 Å². The number of fused-ring (bicyclic) bond motifs is 1. The third-order valence-corrected chi connectivity index (χ3v) is 4.57. The lowest BCUT2D eigenvalue weighted by Crippen LogP contribution is -2.32. The second kappa shape index (κ2) is 6.22. The van der Waals surface area contributed by atoms with Gasteiger partial charge in [-0.25, -0.2) is 4.39 Å². The Morgan fingerprint density at radius 3 is 2.76 bits per heavy atom. The molecule has 4 rings (SSSR count). The van der Waals surface area contributed by atoms with Gasteiger partial charge in [0.25, 0.3) is 5.91 Å². The zero-order chi connectivity index (χ0) is 17.4. The van der Waals surface area contributed by atoms with Gasteiger partial charge < -0.3 is 10.0 Å². The number of aromatic nitrogens is 2. The lowest BCUT2D eigenvalue weighted by molar-refractivity contribution is 0.0717. The number of carbonyl (C=O) groups excluding carboxylic acids is 1. The molecule has 1 N–H and O–H groups in total. The maximum atomic E-state index is 13.2. The molecule has 126 valence electrons. The van der Waals surface area contributed by atoms with Crippen LogP contribution in [0.5, 0.6) is 0 Å². The second-order valence-corrected chi connectivity index (χ2v) is 6.17. The van der Waals surface area contributed by atoms with Gasteiger partial charge in [-0.3, -0.25) is 14.8 Å². The zero-order valence-corrected chi connectivity index (χ0v) is 13.3. The van der Waals surface area contributed by atoms with Crippen LogP contribution < -0.4 is 0 Å². The van der Waals surface area contributed by atoms with Crippen LogP contribution in [0.25, 0.3) is 10.9 Å². The van der Waals surface area contributed by atoms with Crippen LogP contribution in [-0.2, 0) is 0 Å². The molecule has 0 radical (unpaired) electrons. The Hall–Kier alpha value is -2.86. The summed E-state index contributed by atoms with van der Waals surface area (Å²) < 4.78 is 13.2. The van der Waals surface area contributed by atoms with Crippen LogP contribution in [0.1, 0.15) is 28.4 Å². The van der Waals surface area contributed by atoms with Gasteiger partial charge in [-0.1, -0.05) is 12.1 Å². The van der Waals surface area contributed by atoms with Crippen LogP contribution in [0.15, 0.2) is 55.0 Å². The Balaban J connectivity index is 1.73. The number of nitrogens with zero attached hydrogens (tertiary/aromatic N) is 3. The van der Waals surface area contributed by atoms with Crippen LogP contribution in [0.3, 0.4) is 0 Å². The van der Waals surface area contributed by atoms with Gasteiger partial charge in [0, 0.05) is 30.5 Å². The SMILES string of the molecule is O=C(c1ccnc2ccncc12)N1C[C@@H](O)C[C@@H]1c1ccc(F)cc1. The quantitative estimate of drug-likeness (QED) is 0.781. The standard InChI is InChI=1S/C19H16FN3O2/c20-13-3-1-12(2-4-13)18-9-14(24)11-23(18)19(25)15-5-8-22-17-6-7-21-10-16(15)17/h1-8,10,14,18,24H,9,11H2/t14-,18+/m0/s1. The first kappa shape index (κ1) is 15.7. The molecule has 0 aliphatic carbocycles. The van der Waals surface area contributed by atoms with Gasteiger partial charge in [-0.05, 0) is 36.2 Å². The Labute approximate surface area is 143 Å². The van der Waals surface area contributed by atoms with E-state index >= 15 is 0 Å². The van der Waals surface area contributed by atoms with Crippen molar-refractivity contribution in [2.45, 2.75) is 18.6 Å². The molecule has 25 heavy (non-hydrogen) atoms. The molecule has 1 fully saturated rings. The summed E-state index contributed by atoms with van der Waals surface area (Å²) in [5.41, 5.74) is 2.00. The highest BCUT2D eigenvalue weighted by molar-refractivity contribution is 6.06. The molecular formula is C19H16FN3O2. The molecule has 1 aliphatic heterocycles. The van der Waals surface area contributed by atoms with Gasteiger partial charge in [0.2, 0.25) is 0 Å². The summed E-state index contributed by atoms with van der Waals surface area (Å²) in [5, 5.41) is 10.8. The van der Waals surface area contributed by atoms with Crippen molar-refractivity contribution in [1.29, 1.82) is 0 Å². The number of carbonyl (C=O) groups is 1. The molecule has 2 aromatic heterocycles. The predicted octanol–water partition coefficient (Wildman–Crippen LogP) is 2.72. The molecule has 0 spiro atoms. The Morgan fingerprint density at radius 2 is 1.96 bits per heavy atom. The summed E-state index contributed by atoms with van der Waals surface area (Å²) in [5.74, 6) is -0.516. The monoisotopic (exact) mass is 337 g/mol. The predicted molar refractivity (Wildman–Crippen MR) is 90.3 cm³/mol. The van der Waals surface area contributed by atoms with Crippen molar-refractivity contribution in [3.05, 3.63) is 71.9 Å². The molecule has 5 nitrogen and oxygen atoms in total. The van der Waals surface area contributed by atoms with Crippen molar-refractivity contribution in [3.8, 4) is 0 Å². The summed E-state index contributed by atoms with van der Waals surface area (Å²) in [6.45, 7) is 0.241. The number of aliphatic hydroxyl groups excluding tert-OH is 1. The van der Waals surface area contributed by atoms with Gasteiger partial charge >= 0.3 is 0 Å². The number of benzene rings is 1.